The first-order valence-corrected chi connectivity index (χ1v) is 11.3. The Balaban J connectivity index is 1.26. The van der Waals surface area contributed by atoms with Gasteiger partial charge in [0.05, 0.1) is 7.11 Å². The first-order chi connectivity index (χ1) is 15.1. The highest BCUT2D eigenvalue weighted by molar-refractivity contribution is 5.92. The molecular weight excluding hydrogens is 394 g/mol. The number of benzene rings is 1. The van der Waals surface area contributed by atoms with Crippen molar-refractivity contribution in [1.29, 1.82) is 0 Å². The summed E-state index contributed by atoms with van der Waals surface area (Å²) in [4.78, 5) is 38.9. The topological polar surface area (TPSA) is 87.7 Å². The molecule has 1 saturated heterocycles. The standard InChI is InChI=1S/C24H31N3O4/c1-31-19-7-5-6-18(14-19)26-24(30)17-10-8-16(9-11-17)15-25-20-21(23(29)22(20)28)27-12-3-2-4-13-27/h5-7,14,16-17,25H,2-4,8-13,15H2,1H3,(H,26,30). The van der Waals surface area contributed by atoms with Gasteiger partial charge in [-0.25, -0.2) is 0 Å². The number of amides is 1. The lowest BCUT2D eigenvalue weighted by atomic mass is 9.81. The maximum absolute atomic E-state index is 12.6. The smallest absolute Gasteiger partial charge is 0.253 e. The van der Waals surface area contributed by atoms with Crippen molar-refractivity contribution in [2.24, 2.45) is 11.8 Å². The summed E-state index contributed by atoms with van der Waals surface area (Å²) < 4.78 is 5.21. The molecule has 1 aliphatic heterocycles. The van der Waals surface area contributed by atoms with Crippen LogP contribution >= 0.6 is 0 Å². The molecule has 0 unspecified atom stereocenters. The minimum absolute atomic E-state index is 0.00232. The molecule has 0 radical (unpaired) electrons. The van der Waals surface area contributed by atoms with Gasteiger partial charge >= 0.3 is 0 Å². The van der Waals surface area contributed by atoms with Gasteiger partial charge in [0.2, 0.25) is 5.91 Å². The van der Waals surface area contributed by atoms with E-state index in [0.717, 1.165) is 63.1 Å². The fourth-order valence-electron chi connectivity index (χ4n) is 4.78. The van der Waals surface area contributed by atoms with E-state index in [9.17, 15) is 14.4 Å². The minimum Gasteiger partial charge on any atom is -0.497 e. The lowest BCUT2D eigenvalue weighted by Crippen LogP contribution is -2.45. The number of hydrogen-bond acceptors (Lipinski definition) is 6. The van der Waals surface area contributed by atoms with E-state index in [1.165, 1.54) is 6.42 Å². The van der Waals surface area contributed by atoms with Gasteiger partial charge in [-0.15, -0.1) is 0 Å². The van der Waals surface area contributed by atoms with Crippen LogP contribution in [-0.4, -0.2) is 32.7 Å². The van der Waals surface area contributed by atoms with E-state index >= 15 is 0 Å². The lowest BCUT2D eigenvalue weighted by molar-refractivity contribution is -0.121. The van der Waals surface area contributed by atoms with Gasteiger partial charge in [0.1, 0.15) is 17.1 Å². The molecule has 1 saturated carbocycles. The highest BCUT2D eigenvalue weighted by atomic mass is 16.5. The average molecular weight is 426 g/mol. The number of nitrogens with zero attached hydrogens (tertiary/aromatic N) is 1. The molecule has 0 atom stereocenters. The summed E-state index contributed by atoms with van der Waals surface area (Å²) in [6.45, 7) is 2.38. The summed E-state index contributed by atoms with van der Waals surface area (Å²) >= 11 is 0. The van der Waals surface area contributed by atoms with Crippen molar-refractivity contribution in [2.75, 3.05) is 42.3 Å². The molecule has 7 heteroatoms. The Hall–Kier alpha value is -2.83. The van der Waals surface area contributed by atoms with Gasteiger partial charge in [0.25, 0.3) is 10.9 Å². The van der Waals surface area contributed by atoms with Gasteiger partial charge in [-0.3, -0.25) is 14.4 Å². The van der Waals surface area contributed by atoms with Crippen molar-refractivity contribution in [2.45, 2.75) is 44.9 Å². The molecule has 2 aromatic rings. The predicted molar refractivity (Wildman–Crippen MR) is 123 cm³/mol. The van der Waals surface area contributed by atoms with Gasteiger partial charge in [-0.05, 0) is 63.0 Å². The number of rotatable bonds is 7. The number of anilines is 3. The zero-order chi connectivity index (χ0) is 21.8. The van der Waals surface area contributed by atoms with Crippen molar-refractivity contribution in [1.82, 2.24) is 0 Å². The molecule has 1 amide bonds. The molecule has 1 heterocycles. The Kier molecular flexibility index (Phi) is 6.59. The number of carbonyl (C=O) groups is 1. The van der Waals surface area contributed by atoms with Gasteiger partial charge in [0.15, 0.2) is 0 Å². The van der Waals surface area contributed by atoms with E-state index in [1.807, 2.05) is 24.3 Å². The van der Waals surface area contributed by atoms with Gasteiger partial charge in [0, 0.05) is 37.3 Å². The Bertz CT molecular complexity index is 981. The molecule has 2 N–H and O–H groups in total. The van der Waals surface area contributed by atoms with Gasteiger partial charge < -0.3 is 20.3 Å². The van der Waals surface area contributed by atoms with E-state index < -0.39 is 0 Å². The molecule has 0 bridgehead atoms. The number of nitrogens with one attached hydrogen (secondary N) is 2. The van der Waals surface area contributed by atoms with Crippen LogP contribution in [0.25, 0.3) is 0 Å². The fraction of sp³-hybridized carbons (Fsp3) is 0.542. The van der Waals surface area contributed by atoms with Crippen LogP contribution in [0.2, 0.25) is 0 Å². The molecule has 2 fully saturated rings. The largest absolute Gasteiger partial charge is 0.497 e. The first-order valence-electron chi connectivity index (χ1n) is 11.3. The molecular formula is C24H31N3O4. The zero-order valence-corrected chi connectivity index (χ0v) is 18.1. The van der Waals surface area contributed by atoms with Crippen molar-refractivity contribution in [3.8, 4) is 5.75 Å². The van der Waals surface area contributed by atoms with Crippen molar-refractivity contribution >= 4 is 23.0 Å². The Labute approximate surface area is 182 Å². The zero-order valence-electron chi connectivity index (χ0n) is 18.1. The van der Waals surface area contributed by atoms with Crippen molar-refractivity contribution < 1.29 is 9.53 Å². The minimum atomic E-state index is -0.382. The second-order valence-electron chi connectivity index (χ2n) is 8.75. The SMILES string of the molecule is COc1cccc(NC(=O)C2CCC(CNc3c(N4CCCCC4)c(=O)c3=O)CC2)c1. The van der Waals surface area contributed by atoms with Crippen LogP contribution in [0.4, 0.5) is 17.1 Å². The van der Waals surface area contributed by atoms with Crippen molar-refractivity contribution in [3.05, 3.63) is 44.7 Å². The average Bonchev–Trinajstić information content (AvgIpc) is 2.82. The Morgan fingerprint density at radius 1 is 1.06 bits per heavy atom. The molecule has 2 aromatic carbocycles. The van der Waals surface area contributed by atoms with E-state index in [1.54, 1.807) is 7.11 Å². The molecule has 4 rings (SSSR count). The second-order valence-corrected chi connectivity index (χ2v) is 8.75. The summed E-state index contributed by atoms with van der Waals surface area (Å²) in [5.74, 6) is 1.17. The summed E-state index contributed by atoms with van der Waals surface area (Å²) in [5, 5.41) is 6.26. The molecule has 31 heavy (non-hydrogen) atoms. The number of carbonyl (C=O) groups excluding carboxylic acids is 1. The predicted octanol–water partition coefficient (Wildman–Crippen LogP) is 3.14. The molecule has 1 aliphatic carbocycles. The monoisotopic (exact) mass is 425 g/mol. The summed E-state index contributed by atoms with van der Waals surface area (Å²) in [6, 6.07) is 7.38. The van der Waals surface area contributed by atoms with Gasteiger partial charge in [-0.1, -0.05) is 6.07 Å². The van der Waals surface area contributed by atoms with Crippen LogP contribution in [0.15, 0.2) is 33.9 Å². The molecule has 7 nitrogen and oxygen atoms in total. The number of hydrogen-bond donors (Lipinski definition) is 2. The van der Waals surface area contributed by atoms with Crippen molar-refractivity contribution in [3.63, 3.8) is 0 Å². The number of methoxy groups -OCH3 is 1. The third-order valence-corrected chi connectivity index (χ3v) is 6.68. The number of piperidine rings is 1. The highest BCUT2D eigenvalue weighted by Gasteiger charge is 2.29. The molecule has 0 aromatic heterocycles. The van der Waals surface area contributed by atoms with E-state index in [-0.39, 0.29) is 22.7 Å². The summed E-state index contributed by atoms with van der Waals surface area (Å²) in [6.07, 6.45) is 6.83. The third kappa shape index (κ3) is 4.75. The molecule has 2 aliphatic rings. The van der Waals surface area contributed by atoms with Crippen LogP contribution in [0.5, 0.6) is 5.75 Å². The van der Waals surface area contributed by atoms with Crippen LogP contribution in [-0.2, 0) is 4.79 Å². The van der Waals surface area contributed by atoms with Crippen LogP contribution < -0.4 is 31.1 Å². The van der Waals surface area contributed by atoms with Crippen LogP contribution in [0, 0.1) is 11.8 Å². The van der Waals surface area contributed by atoms with E-state index in [0.29, 0.717) is 23.8 Å². The Morgan fingerprint density at radius 3 is 2.52 bits per heavy atom. The second kappa shape index (κ2) is 9.54. The Morgan fingerprint density at radius 2 is 1.81 bits per heavy atom. The molecule has 0 spiro atoms. The fourth-order valence-corrected chi connectivity index (χ4v) is 4.78. The van der Waals surface area contributed by atoms with Gasteiger partial charge in [-0.2, -0.15) is 0 Å². The van der Waals surface area contributed by atoms with Crippen LogP contribution in [0.3, 0.4) is 0 Å². The summed E-state index contributed by atoms with van der Waals surface area (Å²) in [7, 11) is 1.61. The molecule has 166 valence electrons. The van der Waals surface area contributed by atoms with E-state index in [2.05, 4.69) is 15.5 Å². The van der Waals surface area contributed by atoms with E-state index in [4.69, 9.17) is 4.74 Å². The van der Waals surface area contributed by atoms with Crippen LogP contribution in [0.1, 0.15) is 44.9 Å². The summed E-state index contributed by atoms with van der Waals surface area (Å²) in [5.41, 5.74) is 1.12. The third-order valence-electron chi connectivity index (χ3n) is 6.68. The number of ether oxygens (including phenoxy) is 1. The first kappa shape index (κ1) is 21.4. The lowest BCUT2D eigenvalue weighted by Gasteiger charge is -2.32. The quantitative estimate of drug-likeness (QED) is 0.663. The maximum atomic E-state index is 12.6. The normalized spacial score (nSPS) is 21.6. The maximum Gasteiger partial charge on any atom is 0.253 e. The highest BCUT2D eigenvalue weighted by Crippen LogP contribution is 2.31.